The first-order valence-electron chi connectivity index (χ1n) is 13.4. The lowest BCUT2D eigenvalue weighted by Crippen LogP contribution is -2.37. The molecule has 2 amide bonds. The number of alkyl halides is 3. The maximum absolute atomic E-state index is 13.6. The van der Waals surface area contributed by atoms with E-state index >= 15 is 0 Å². The van der Waals surface area contributed by atoms with E-state index in [4.69, 9.17) is 4.74 Å². The number of halogens is 3. The molecule has 6 nitrogen and oxygen atoms in total. The average Bonchev–Trinajstić information content (AvgIpc) is 3.47. The number of ether oxygens (including phenoxy) is 1. The normalized spacial score (nSPS) is 16.6. The third-order valence-corrected chi connectivity index (χ3v) is 7.09. The molecule has 208 valence electrons. The van der Waals surface area contributed by atoms with Gasteiger partial charge in [-0.05, 0) is 86.4 Å². The van der Waals surface area contributed by atoms with Crippen LogP contribution in [0.1, 0.15) is 46.3 Å². The minimum Gasteiger partial charge on any atom is -0.449 e. The molecule has 3 aromatic carbocycles. The number of benzene rings is 3. The Morgan fingerprint density at radius 2 is 1.65 bits per heavy atom. The number of carbonyl (C=O) groups excluding carboxylic acids is 2. The molecule has 0 unspecified atom stereocenters. The summed E-state index contributed by atoms with van der Waals surface area (Å²) in [5, 5.41) is 2.94. The highest BCUT2D eigenvalue weighted by atomic mass is 19.4. The SMILES string of the molecule is O=C(NCCCN1CCCC1)c1ccc(/C=C2\Oc3ccccc3N(Cc3ccccc3C(F)(F)F)C2=O)cc1. The molecule has 2 heterocycles. The molecule has 1 saturated heterocycles. The van der Waals surface area contributed by atoms with E-state index in [-0.39, 0.29) is 23.8 Å². The molecule has 0 bridgehead atoms. The summed E-state index contributed by atoms with van der Waals surface area (Å²) in [4.78, 5) is 29.7. The van der Waals surface area contributed by atoms with Gasteiger partial charge in [-0.3, -0.25) is 14.5 Å². The number of nitrogens with zero attached hydrogens (tertiary/aromatic N) is 2. The third kappa shape index (κ3) is 6.37. The van der Waals surface area contributed by atoms with Crippen molar-refractivity contribution in [3.05, 3.63) is 101 Å². The predicted octanol–water partition coefficient (Wildman–Crippen LogP) is 5.89. The van der Waals surface area contributed by atoms with E-state index in [0.717, 1.165) is 32.1 Å². The van der Waals surface area contributed by atoms with Crippen molar-refractivity contribution in [3.8, 4) is 5.75 Å². The smallest absolute Gasteiger partial charge is 0.416 e. The number of carbonyl (C=O) groups is 2. The van der Waals surface area contributed by atoms with Crippen molar-refractivity contribution in [2.75, 3.05) is 31.1 Å². The fourth-order valence-corrected chi connectivity index (χ4v) is 5.02. The monoisotopic (exact) mass is 549 g/mol. The molecule has 0 spiro atoms. The van der Waals surface area contributed by atoms with Crippen molar-refractivity contribution in [1.82, 2.24) is 10.2 Å². The van der Waals surface area contributed by atoms with Crippen molar-refractivity contribution >= 4 is 23.6 Å². The lowest BCUT2D eigenvalue weighted by molar-refractivity contribution is -0.138. The number of amides is 2. The van der Waals surface area contributed by atoms with Crippen molar-refractivity contribution in [3.63, 3.8) is 0 Å². The van der Waals surface area contributed by atoms with Crippen molar-refractivity contribution in [1.29, 1.82) is 0 Å². The van der Waals surface area contributed by atoms with Crippen LogP contribution in [0.25, 0.3) is 6.08 Å². The van der Waals surface area contributed by atoms with Crippen molar-refractivity contribution < 1.29 is 27.5 Å². The van der Waals surface area contributed by atoms with Gasteiger partial charge in [-0.1, -0.05) is 42.5 Å². The standard InChI is InChI=1S/C31H30F3N3O3/c32-31(33,34)25-9-2-1-8-24(25)21-37-26-10-3-4-11-27(26)40-28(30(37)39)20-22-12-14-23(15-13-22)29(38)35-16-7-19-36-17-5-6-18-36/h1-4,8-15,20H,5-7,16-19,21H2,(H,35,38)/b28-20-. The Morgan fingerprint density at radius 1 is 0.950 bits per heavy atom. The second kappa shape index (κ2) is 12.0. The largest absolute Gasteiger partial charge is 0.449 e. The van der Waals surface area contributed by atoms with Gasteiger partial charge in [0.25, 0.3) is 11.8 Å². The summed E-state index contributed by atoms with van der Waals surface area (Å²) < 4.78 is 46.8. The highest BCUT2D eigenvalue weighted by Crippen LogP contribution is 2.38. The van der Waals surface area contributed by atoms with E-state index in [0.29, 0.717) is 29.1 Å². The van der Waals surface area contributed by atoms with Crippen LogP contribution < -0.4 is 15.0 Å². The van der Waals surface area contributed by atoms with E-state index in [1.165, 1.54) is 42.0 Å². The first-order chi connectivity index (χ1) is 19.3. The molecule has 1 N–H and O–H groups in total. The number of hydrogen-bond acceptors (Lipinski definition) is 4. The molecule has 2 aliphatic rings. The van der Waals surface area contributed by atoms with Crippen LogP contribution in [-0.2, 0) is 17.5 Å². The van der Waals surface area contributed by atoms with Gasteiger partial charge in [0.1, 0.15) is 0 Å². The number of anilines is 1. The molecule has 5 rings (SSSR count). The maximum atomic E-state index is 13.6. The molecule has 3 aromatic rings. The Balaban J connectivity index is 1.30. The Hall–Kier alpha value is -4.11. The molecule has 1 fully saturated rings. The molecule has 0 radical (unpaired) electrons. The molecule has 2 aliphatic heterocycles. The maximum Gasteiger partial charge on any atom is 0.416 e. The van der Waals surface area contributed by atoms with Crippen molar-refractivity contribution in [2.45, 2.75) is 32.0 Å². The first-order valence-corrected chi connectivity index (χ1v) is 13.4. The minimum absolute atomic E-state index is 0.0183. The van der Waals surface area contributed by atoms with Crippen LogP contribution in [0.4, 0.5) is 18.9 Å². The second-order valence-electron chi connectivity index (χ2n) is 9.90. The third-order valence-electron chi connectivity index (χ3n) is 7.09. The van der Waals surface area contributed by atoms with Gasteiger partial charge in [0, 0.05) is 12.1 Å². The van der Waals surface area contributed by atoms with Crippen molar-refractivity contribution in [2.24, 2.45) is 0 Å². The summed E-state index contributed by atoms with van der Waals surface area (Å²) in [7, 11) is 0. The Bertz CT molecular complexity index is 1400. The first kappa shape index (κ1) is 27.5. The van der Waals surface area contributed by atoms with Gasteiger partial charge >= 0.3 is 6.18 Å². The molecule has 9 heteroatoms. The van der Waals surface area contributed by atoms with E-state index in [1.54, 1.807) is 48.5 Å². The highest BCUT2D eigenvalue weighted by molar-refractivity contribution is 6.09. The van der Waals surface area contributed by atoms with Gasteiger partial charge in [-0.25, -0.2) is 0 Å². The zero-order valence-corrected chi connectivity index (χ0v) is 21.9. The van der Waals surface area contributed by atoms with Gasteiger partial charge < -0.3 is 15.0 Å². The predicted molar refractivity (Wildman–Crippen MR) is 147 cm³/mol. The molecular weight excluding hydrogens is 519 g/mol. The summed E-state index contributed by atoms with van der Waals surface area (Å²) in [5.41, 5.74) is 0.690. The van der Waals surface area contributed by atoms with Crippen LogP contribution in [0, 0.1) is 0 Å². The molecule has 0 aliphatic carbocycles. The number of hydrogen-bond donors (Lipinski definition) is 1. The minimum atomic E-state index is -4.55. The van der Waals surface area contributed by atoms with E-state index < -0.39 is 17.6 Å². The Kier molecular flexibility index (Phi) is 8.21. The molecule has 40 heavy (non-hydrogen) atoms. The molecular formula is C31H30F3N3O3. The van der Waals surface area contributed by atoms with E-state index in [9.17, 15) is 22.8 Å². The topological polar surface area (TPSA) is 61.9 Å². The highest BCUT2D eigenvalue weighted by Gasteiger charge is 2.36. The van der Waals surface area contributed by atoms with Crippen LogP contribution in [0.15, 0.2) is 78.6 Å². The van der Waals surface area contributed by atoms with E-state index in [2.05, 4.69) is 10.2 Å². The van der Waals surface area contributed by atoms with Crippen LogP contribution in [0.2, 0.25) is 0 Å². The van der Waals surface area contributed by atoms with Gasteiger partial charge in [-0.2, -0.15) is 13.2 Å². The number of fused-ring (bicyclic) bond motifs is 1. The number of rotatable bonds is 8. The fraction of sp³-hybridized carbons (Fsp3) is 0.290. The number of nitrogens with one attached hydrogen (secondary N) is 1. The molecule has 0 atom stereocenters. The van der Waals surface area contributed by atoms with Crippen LogP contribution in [0.3, 0.4) is 0 Å². The summed E-state index contributed by atoms with van der Waals surface area (Å²) >= 11 is 0. The number of likely N-dealkylation sites (tertiary alicyclic amines) is 1. The summed E-state index contributed by atoms with van der Waals surface area (Å²) in [5.74, 6) is -0.394. The lowest BCUT2D eigenvalue weighted by Gasteiger charge is -2.31. The van der Waals surface area contributed by atoms with Crippen LogP contribution >= 0.6 is 0 Å². The average molecular weight is 550 g/mol. The fourth-order valence-electron chi connectivity index (χ4n) is 5.02. The second-order valence-corrected chi connectivity index (χ2v) is 9.90. The zero-order valence-electron chi connectivity index (χ0n) is 21.9. The lowest BCUT2D eigenvalue weighted by atomic mass is 10.0. The summed E-state index contributed by atoms with van der Waals surface area (Å²) in [6.45, 7) is 3.55. The van der Waals surface area contributed by atoms with E-state index in [1.807, 2.05) is 0 Å². The Labute approximate surface area is 231 Å². The van der Waals surface area contributed by atoms with Crippen LogP contribution in [0.5, 0.6) is 5.75 Å². The summed E-state index contributed by atoms with van der Waals surface area (Å²) in [6, 6.07) is 18.7. The quantitative estimate of drug-likeness (QED) is 0.281. The Morgan fingerprint density at radius 3 is 2.40 bits per heavy atom. The molecule has 0 saturated carbocycles. The van der Waals surface area contributed by atoms with Gasteiger partial charge in [0.2, 0.25) is 0 Å². The van der Waals surface area contributed by atoms with Gasteiger partial charge in [0.15, 0.2) is 11.5 Å². The van der Waals surface area contributed by atoms with Gasteiger partial charge in [0.05, 0.1) is 17.8 Å². The van der Waals surface area contributed by atoms with Crippen LogP contribution in [-0.4, -0.2) is 42.9 Å². The number of para-hydroxylation sites is 2. The zero-order chi connectivity index (χ0) is 28.1. The molecule has 0 aromatic heterocycles. The van der Waals surface area contributed by atoms with Gasteiger partial charge in [-0.15, -0.1) is 0 Å². The summed E-state index contributed by atoms with van der Waals surface area (Å²) in [6.07, 6.45) is 0.343.